The standard InChI is InChI=1S/C20H32N4O2/c1-3-4-10-22-15-20(9-6-18(22)25)8-5-11-23(16-20)19(26)7-12-24-14-17(2)13-21-24/h13-14H,3-12,15-16H2,1-2H3/t20-/m0/s1. The molecule has 0 unspecified atom stereocenters. The average Bonchev–Trinajstić information content (AvgIpc) is 3.06. The first-order chi connectivity index (χ1) is 12.5. The second-order valence-corrected chi connectivity index (χ2v) is 8.12. The van der Waals surface area contributed by atoms with Gasteiger partial charge in [0.1, 0.15) is 0 Å². The number of carbonyl (C=O) groups excluding carboxylic acids is 2. The Morgan fingerprint density at radius 1 is 1.27 bits per heavy atom. The molecule has 2 aliphatic heterocycles. The number of unbranched alkanes of at least 4 members (excludes halogenated alkanes) is 1. The van der Waals surface area contributed by atoms with E-state index in [-0.39, 0.29) is 11.3 Å². The number of amides is 2. The smallest absolute Gasteiger partial charge is 0.224 e. The lowest BCUT2D eigenvalue weighted by molar-refractivity contribution is -0.143. The second kappa shape index (κ2) is 8.23. The zero-order chi connectivity index (χ0) is 18.6. The van der Waals surface area contributed by atoms with Gasteiger partial charge in [-0.3, -0.25) is 14.3 Å². The number of likely N-dealkylation sites (tertiary alicyclic amines) is 2. The lowest BCUT2D eigenvalue weighted by atomic mass is 9.73. The molecular weight excluding hydrogens is 328 g/mol. The molecule has 0 aromatic carbocycles. The summed E-state index contributed by atoms with van der Waals surface area (Å²) in [6, 6.07) is 0. The van der Waals surface area contributed by atoms with E-state index in [1.54, 1.807) is 0 Å². The minimum atomic E-state index is 0.109. The van der Waals surface area contributed by atoms with Crippen molar-refractivity contribution in [3.63, 3.8) is 0 Å². The van der Waals surface area contributed by atoms with Crippen LogP contribution >= 0.6 is 0 Å². The van der Waals surface area contributed by atoms with Gasteiger partial charge in [0, 0.05) is 57.2 Å². The van der Waals surface area contributed by atoms with E-state index in [2.05, 4.69) is 12.0 Å². The van der Waals surface area contributed by atoms with Crippen LogP contribution in [0.4, 0.5) is 0 Å². The Hall–Kier alpha value is -1.85. The zero-order valence-corrected chi connectivity index (χ0v) is 16.2. The van der Waals surface area contributed by atoms with Crippen LogP contribution in [0.25, 0.3) is 0 Å². The highest BCUT2D eigenvalue weighted by Crippen LogP contribution is 2.39. The summed E-state index contributed by atoms with van der Waals surface area (Å²) in [7, 11) is 0. The van der Waals surface area contributed by atoms with Crippen molar-refractivity contribution in [2.45, 2.75) is 65.3 Å². The van der Waals surface area contributed by atoms with Crippen molar-refractivity contribution >= 4 is 11.8 Å². The van der Waals surface area contributed by atoms with E-state index in [1.807, 2.05) is 33.8 Å². The van der Waals surface area contributed by atoms with Gasteiger partial charge >= 0.3 is 0 Å². The van der Waals surface area contributed by atoms with Crippen molar-refractivity contribution < 1.29 is 9.59 Å². The molecule has 3 rings (SSSR count). The summed E-state index contributed by atoms with van der Waals surface area (Å²) in [6.45, 7) is 8.15. The summed E-state index contributed by atoms with van der Waals surface area (Å²) in [5.74, 6) is 0.510. The number of rotatable bonds is 6. The highest BCUT2D eigenvalue weighted by molar-refractivity contribution is 5.78. The Bertz CT molecular complexity index is 642. The fourth-order valence-electron chi connectivity index (χ4n) is 4.37. The van der Waals surface area contributed by atoms with Crippen molar-refractivity contribution in [3.05, 3.63) is 18.0 Å². The first kappa shape index (κ1) is 18.9. The predicted octanol–water partition coefficient (Wildman–Crippen LogP) is 2.61. The van der Waals surface area contributed by atoms with Crippen molar-refractivity contribution in [1.82, 2.24) is 19.6 Å². The number of hydrogen-bond acceptors (Lipinski definition) is 3. The van der Waals surface area contributed by atoms with Crippen molar-refractivity contribution in [2.75, 3.05) is 26.2 Å². The molecule has 1 atom stereocenters. The Morgan fingerprint density at radius 3 is 2.85 bits per heavy atom. The van der Waals surface area contributed by atoms with E-state index in [4.69, 9.17) is 0 Å². The van der Waals surface area contributed by atoms with Crippen molar-refractivity contribution in [2.24, 2.45) is 5.41 Å². The van der Waals surface area contributed by atoms with Crippen LogP contribution < -0.4 is 0 Å². The Labute approximate surface area is 156 Å². The highest BCUT2D eigenvalue weighted by Gasteiger charge is 2.42. The molecular formula is C20H32N4O2. The van der Waals surface area contributed by atoms with Gasteiger partial charge in [-0.1, -0.05) is 13.3 Å². The van der Waals surface area contributed by atoms with Gasteiger partial charge in [0.05, 0.1) is 6.20 Å². The summed E-state index contributed by atoms with van der Waals surface area (Å²) in [6.07, 6.45) is 10.2. The third-order valence-corrected chi connectivity index (χ3v) is 5.86. The monoisotopic (exact) mass is 360 g/mol. The molecule has 6 nitrogen and oxygen atoms in total. The van der Waals surface area contributed by atoms with Gasteiger partial charge in [0.25, 0.3) is 0 Å². The molecule has 6 heteroatoms. The summed E-state index contributed by atoms with van der Waals surface area (Å²) < 4.78 is 1.85. The van der Waals surface area contributed by atoms with E-state index < -0.39 is 0 Å². The van der Waals surface area contributed by atoms with Crippen molar-refractivity contribution in [3.8, 4) is 0 Å². The third kappa shape index (κ3) is 4.46. The molecule has 3 heterocycles. The first-order valence-electron chi connectivity index (χ1n) is 10.1. The van der Waals surface area contributed by atoms with E-state index >= 15 is 0 Å². The number of aromatic nitrogens is 2. The molecule has 144 valence electrons. The molecule has 26 heavy (non-hydrogen) atoms. The lowest BCUT2D eigenvalue weighted by Crippen LogP contribution is -2.55. The van der Waals surface area contributed by atoms with Crippen LogP contribution in [0.1, 0.15) is 57.4 Å². The molecule has 1 aromatic heterocycles. The number of nitrogens with zero attached hydrogens (tertiary/aromatic N) is 4. The molecule has 1 aromatic rings. The van der Waals surface area contributed by atoms with Gasteiger partial charge in [-0.05, 0) is 38.2 Å². The van der Waals surface area contributed by atoms with Crippen LogP contribution in [0.2, 0.25) is 0 Å². The molecule has 2 amide bonds. The minimum absolute atomic E-state index is 0.109. The fourth-order valence-corrected chi connectivity index (χ4v) is 4.37. The van der Waals surface area contributed by atoms with E-state index in [9.17, 15) is 9.59 Å². The molecule has 2 aliphatic rings. The summed E-state index contributed by atoms with van der Waals surface area (Å²) in [5.41, 5.74) is 1.23. The largest absolute Gasteiger partial charge is 0.342 e. The molecule has 1 spiro atoms. The van der Waals surface area contributed by atoms with Crippen LogP contribution in [-0.2, 0) is 16.1 Å². The molecule has 2 saturated heterocycles. The summed E-state index contributed by atoms with van der Waals surface area (Å²) >= 11 is 0. The van der Waals surface area contributed by atoms with Gasteiger partial charge in [0.15, 0.2) is 0 Å². The molecule has 0 N–H and O–H groups in total. The maximum atomic E-state index is 12.7. The quantitative estimate of drug-likeness (QED) is 0.783. The molecule has 0 bridgehead atoms. The Kier molecular flexibility index (Phi) is 5.99. The van der Waals surface area contributed by atoms with Gasteiger partial charge in [-0.15, -0.1) is 0 Å². The second-order valence-electron chi connectivity index (χ2n) is 8.12. The van der Waals surface area contributed by atoms with Crippen LogP contribution in [-0.4, -0.2) is 57.6 Å². The normalized spacial score (nSPS) is 23.7. The maximum absolute atomic E-state index is 12.7. The van der Waals surface area contributed by atoms with Crippen LogP contribution in [0.15, 0.2) is 12.4 Å². The van der Waals surface area contributed by atoms with Gasteiger partial charge < -0.3 is 9.80 Å². The van der Waals surface area contributed by atoms with E-state index in [1.165, 1.54) is 0 Å². The van der Waals surface area contributed by atoms with Gasteiger partial charge in [-0.2, -0.15) is 5.10 Å². The molecule has 0 saturated carbocycles. The number of aryl methyl sites for hydroxylation is 2. The van der Waals surface area contributed by atoms with Crippen LogP contribution in [0.5, 0.6) is 0 Å². The Balaban J connectivity index is 1.57. The number of hydrogen-bond donors (Lipinski definition) is 0. The van der Waals surface area contributed by atoms with Gasteiger partial charge in [0.2, 0.25) is 11.8 Å². The Morgan fingerprint density at radius 2 is 2.12 bits per heavy atom. The fraction of sp³-hybridized carbons (Fsp3) is 0.750. The topological polar surface area (TPSA) is 58.4 Å². The first-order valence-corrected chi connectivity index (χ1v) is 10.1. The molecule has 2 fully saturated rings. The van der Waals surface area contributed by atoms with Gasteiger partial charge in [-0.25, -0.2) is 0 Å². The average molecular weight is 361 g/mol. The predicted molar refractivity (Wildman–Crippen MR) is 101 cm³/mol. The van der Waals surface area contributed by atoms with Crippen LogP contribution in [0, 0.1) is 12.3 Å². The van der Waals surface area contributed by atoms with E-state index in [0.717, 1.165) is 63.8 Å². The molecule has 0 radical (unpaired) electrons. The maximum Gasteiger partial charge on any atom is 0.224 e. The minimum Gasteiger partial charge on any atom is -0.342 e. The third-order valence-electron chi connectivity index (χ3n) is 5.86. The summed E-state index contributed by atoms with van der Waals surface area (Å²) in [4.78, 5) is 29.0. The number of piperidine rings is 2. The van der Waals surface area contributed by atoms with Crippen molar-refractivity contribution in [1.29, 1.82) is 0 Å². The highest BCUT2D eigenvalue weighted by atomic mass is 16.2. The molecule has 0 aliphatic carbocycles. The summed E-state index contributed by atoms with van der Waals surface area (Å²) in [5, 5.41) is 4.26. The SMILES string of the molecule is CCCCN1C[C@]2(CCCN(C(=O)CCn3cc(C)cn3)C2)CCC1=O. The van der Waals surface area contributed by atoms with E-state index in [0.29, 0.717) is 25.3 Å². The lowest BCUT2D eigenvalue weighted by Gasteiger charge is -2.48. The number of carbonyl (C=O) groups is 2. The van der Waals surface area contributed by atoms with Crippen LogP contribution in [0.3, 0.4) is 0 Å². The zero-order valence-electron chi connectivity index (χ0n) is 16.2.